The van der Waals surface area contributed by atoms with Gasteiger partial charge in [0.05, 0.1) is 4.90 Å². The molecule has 2 aromatic carbocycles. The third-order valence-electron chi connectivity index (χ3n) is 2.83. The summed E-state index contributed by atoms with van der Waals surface area (Å²) in [6, 6.07) is 12.1. The fourth-order valence-corrected chi connectivity index (χ4v) is 3.03. The molecule has 122 valence electrons. The lowest BCUT2D eigenvalue weighted by molar-refractivity contribution is 0.0856. The summed E-state index contributed by atoms with van der Waals surface area (Å²) in [5.74, 6) is -0.390. The van der Waals surface area contributed by atoms with Gasteiger partial charge in [0.25, 0.3) is 15.9 Å². The molecule has 2 aromatic rings. The second-order valence-electron chi connectivity index (χ2n) is 4.98. The van der Waals surface area contributed by atoms with Crippen molar-refractivity contribution in [3.05, 3.63) is 59.1 Å². The van der Waals surface area contributed by atoms with Crippen LogP contribution in [0, 0.1) is 0 Å². The van der Waals surface area contributed by atoms with Crippen molar-refractivity contribution in [2.24, 2.45) is 0 Å². The minimum absolute atomic E-state index is 0.00106. The van der Waals surface area contributed by atoms with Crippen LogP contribution in [0.25, 0.3) is 0 Å². The number of amides is 1. The standard InChI is InChI=1S/C15H16ClN3O3S/c1-19(2)17-15(20)11-4-3-5-14(10-11)23(21,22)18-13-8-6-12(16)7-9-13/h3-10,18H,1-2H3,(H,17,20). The van der Waals surface area contributed by atoms with Gasteiger partial charge in [-0.2, -0.15) is 0 Å². The van der Waals surface area contributed by atoms with Crippen LogP contribution < -0.4 is 10.1 Å². The molecule has 0 heterocycles. The number of nitrogens with one attached hydrogen (secondary N) is 2. The molecule has 23 heavy (non-hydrogen) atoms. The predicted molar refractivity (Wildman–Crippen MR) is 89.9 cm³/mol. The van der Waals surface area contributed by atoms with E-state index in [9.17, 15) is 13.2 Å². The quantitative estimate of drug-likeness (QED) is 0.809. The molecule has 0 spiro atoms. The molecule has 0 aliphatic rings. The number of benzene rings is 2. The van der Waals surface area contributed by atoms with Crippen LogP contribution in [-0.2, 0) is 10.0 Å². The molecule has 0 radical (unpaired) electrons. The second-order valence-corrected chi connectivity index (χ2v) is 7.09. The molecular formula is C15H16ClN3O3S. The lowest BCUT2D eigenvalue weighted by Gasteiger charge is -2.13. The van der Waals surface area contributed by atoms with E-state index < -0.39 is 15.9 Å². The number of halogens is 1. The van der Waals surface area contributed by atoms with Crippen molar-refractivity contribution in [1.82, 2.24) is 10.4 Å². The lowest BCUT2D eigenvalue weighted by Crippen LogP contribution is -2.36. The zero-order valence-electron chi connectivity index (χ0n) is 12.6. The number of nitrogens with zero attached hydrogens (tertiary/aromatic N) is 1. The van der Waals surface area contributed by atoms with Gasteiger partial charge >= 0.3 is 0 Å². The average molecular weight is 354 g/mol. The Hall–Kier alpha value is -2.09. The van der Waals surface area contributed by atoms with Crippen LogP contribution >= 0.6 is 11.6 Å². The van der Waals surface area contributed by atoms with Gasteiger partial charge in [0, 0.05) is 30.4 Å². The van der Waals surface area contributed by atoms with Gasteiger partial charge in [-0.25, -0.2) is 13.4 Å². The van der Waals surface area contributed by atoms with Crippen molar-refractivity contribution >= 4 is 33.2 Å². The van der Waals surface area contributed by atoms with Gasteiger partial charge in [-0.15, -0.1) is 0 Å². The number of hydrazine groups is 1. The number of hydrogen-bond donors (Lipinski definition) is 2. The summed E-state index contributed by atoms with van der Waals surface area (Å²) in [4.78, 5) is 11.9. The Morgan fingerprint density at radius 2 is 1.74 bits per heavy atom. The highest BCUT2D eigenvalue weighted by Gasteiger charge is 2.16. The van der Waals surface area contributed by atoms with Gasteiger partial charge in [0.2, 0.25) is 0 Å². The monoisotopic (exact) mass is 353 g/mol. The molecule has 2 rings (SSSR count). The summed E-state index contributed by atoms with van der Waals surface area (Å²) in [5.41, 5.74) is 3.19. The van der Waals surface area contributed by atoms with E-state index in [0.717, 1.165) is 0 Å². The fraction of sp³-hybridized carbons (Fsp3) is 0.133. The van der Waals surface area contributed by atoms with Gasteiger partial charge in [-0.3, -0.25) is 14.9 Å². The maximum absolute atomic E-state index is 12.4. The van der Waals surface area contributed by atoms with Crippen LogP contribution in [-0.4, -0.2) is 33.4 Å². The number of anilines is 1. The number of carbonyl (C=O) groups excluding carboxylic acids is 1. The highest BCUT2D eigenvalue weighted by molar-refractivity contribution is 7.92. The Morgan fingerprint density at radius 1 is 1.09 bits per heavy atom. The Labute approximate surface area is 140 Å². The molecule has 0 fully saturated rings. The van der Waals surface area contributed by atoms with Gasteiger partial charge in [-0.1, -0.05) is 17.7 Å². The molecule has 0 unspecified atom stereocenters. The number of hydrogen-bond acceptors (Lipinski definition) is 4. The third kappa shape index (κ3) is 4.69. The van der Waals surface area contributed by atoms with Crippen molar-refractivity contribution in [2.45, 2.75) is 4.90 Å². The lowest BCUT2D eigenvalue weighted by atomic mass is 10.2. The van der Waals surface area contributed by atoms with Gasteiger partial charge < -0.3 is 0 Å². The zero-order valence-corrected chi connectivity index (χ0v) is 14.1. The second kappa shape index (κ2) is 6.99. The third-order valence-corrected chi connectivity index (χ3v) is 4.46. The minimum atomic E-state index is -3.80. The molecule has 0 saturated carbocycles. The van der Waals surface area contributed by atoms with Crippen molar-refractivity contribution in [3.8, 4) is 0 Å². The molecule has 2 N–H and O–H groups in total. The summed E-state index contributed by atoms with van der Waals surface area (Å²) >= 11 is 5.77. The molecule has 6 nitrogen and oxygen atoms in total. The van der Waals surface area contributed by atoms with Crippen molar-refractivity contribution in [3.63, 3.8) is 0 Å². The molecule has 0 aliphatic carbocycles. The highest BCUT2D eigenvalue weighted by atomic mass is 35.5. The van der Waals surface area contributed by atoms with Crippen molar-refractivity contribution < 1.29 is 13.2 Å². The van der Waals surface area contributed by atoms with Gasteiger partial charge in [-0.05, 0) is 42.5 Å². The summed E-state index contributed by atoms with van der Waals surface area (Å²) in [5, 5.41) is 1.99. The molecule has 1 amide bonds. The summed E-state index contributed by atoms with van der Waals surface area (Å²) in [7, 11) is -0.463. The zero-order chi connectivity index (χ0) is 17.0. The maximum atomic E-state index is 12.4. The maximum Gasteiger partial charge on any atom is 0.265 e. The van der Waals surface area contributed by atoms with E-state index in [2.05, 4.69) is 10.1 Å². The average Bonchev–Trinajstić information content (AvgIpc) is 2.49. The highest BCUT2D eigenvalue weighted by Crippen LogP contribution is 2.19. The fourth-order valence-electron chi connectivity index (χ4n) is 1.80. The van der Waals surface area contributed by atoms with E-state index in [0.29, 0.717) is 10.7 Å². The number of rotatable bonds is 5. The molecular weight excluding hydrogens is 338 g/mol. The first kappa shape index (κ1) is 17.3. The van der Waals surface area contributed by atoms with Crippen LogP contribution in [0.15, 0.2) is 53.4 Å². The topological polar surface area (TPSA) is 78.5 Å². The van der Waals surface area contributed by atoms with E-state index in [4.69, 9.17) is 11.6 Å². The number of carbonyl (C=O) groups is 1. The van der Waals surface area contributed by atoms with Crippen LogP contribution in [0.1, 0.15) is 10.4 Å². The minimum Gasteiger partial charge on any atom is -0.285 e. The first-order chi connectivity index (χ1) is 10.8. The van der Waals surface area contributed by atoms with Crippen LogP contribution in [0.4, 0.5) is 5.69 Å². The summed E-state index contributed by atoms with van der Waals surface area (Å²) in [6.07, 6.45) is 0. The SMILES string of the molecule is CN(C)NC(=O)c1cccc(S(=O)(=O)Nc2ccc(Cl)cc2)c1. The Morgan fingerprint density at radius 3 is 2.35 bits per heavy atom. The molecule has 8 heteroatoms. The van der Waals surface area contributed by atoms with Crippen LogP contribution in [0.3, 0.4) is 0 Å². The number of sulfonamides is 1. The molecule has 0 bridgehead atoms. The first-order valence-corrected chi connectivity index (χ1v) is 8.51. The Bertz CT molecular complexity index is 805. The van der Waals surface area contributed by atoms with Gasteiger partial charge in [0.1, 0.15) is 0 Å². The molecule has 0 aromatic heterocycles. The normalized spacial score (nSPS) is 11.3. The van der Waals surface area contributed by atoms with Crippen LogP contribution in [0.5, 0.6) is 0 Å². The summed E-state index contributed by atoms with van der Waals surface area (Å²) in [6.45, 7) is 0. The largest absolute Gasteiger partial charge is 0.285 e. The van der Waals surface area contributed by atoms with Gasteiger partial charge in [0.15, 0.2) is 0 Å². The predicted octanol–water partition coefficient (Wildman–Crippen LogP) is 2.35. The first-order valence-electron chi connectivity index (χ1n) is 6.65. The van der Waals surface area contributed by atoms with E-state index in [1.165, 1.54) is 23.2 Å². The van der Waals surface area contributed by atoms with E-state index in [1.807, 2.05) is 0 Å². The van der Waals surface area contributed by atoms with Crippen LogP contribution in [0.2, 0.25) is 5.02 Å². The van der Waals surface area contributed by atoms with E-state index >= 15 is 0 Å². The summed E-state index contributed by atoms with van der Waals surface area (Å²) < 4.78 is 27.2. The molecule has 0 aliphatic heterocycles. The van der Waals surface area contributed by atoms with E-state index in [1.54, 1.807) is 44.4 Å². The van der Waals surface area contributed by atoms with Crippen molar-refractivity contribution in [2.75, 3.05) is 18.8 Å². The van der Waals surface area contributed by atoms with Crippen molar-refractivity contribution in [1.29, 1.82) is 0 Å². The Balaban J connectivity index is 2.26. The molecule has 0 atom stereocenters. The Kier molecular flexibility index (Phi) is 5.25. The molecule has 0 saturated heterocycles. The van der Waals surface area contributed by atoms with E-state index in [-0.39, 0.29) is 10.5 Å². The smallest absolute Gasteiger partial charge is 0.265 e.